The normalized spacial score (nSPS) is 11.1. The van der Waals surface area contributed by atoms with Gasteiger partial charge in [0.1, 0.15) is 17.9 Å². The molecule has 0 spiro atoms. The first-order valence-corrected chi connectivity index (χ1v) is 7.79. The lowest BCUT2D eigenvalue weighted by atomic mass is 10.2. The topological polar surface area (TPSA) is 52.0 Å². The highest BCUT2D eigenvalue weighted by Crippen LogP contribution is 2.23. The fourth-order valence-corrected chi connectivity index (χ4v) is 2.36. The molecule has 0 aliphatic rings. The smallest absolute Gasteiger partial charge is 0.141 e. The summed E-state index contributed by atoms with van der Waals surface area (Å²) in [6.45, 7) is 6.72. The average molecular weight is 353 g/mol. The molecule has 0 fully saturated rings. The van der Waals surface area contributed by atoms with Crippen LogP contribution in [0.2, 0.25) is 0 Å². The Bertz CT molecular complexity index is 583. The largest absolute Gasteiger partial charge is 0.497 e. The Morgan fingerprint density at radius 3 is 2.90 bits per heavy atom. The van der Waals surface area contributed by atoms with Gasteiger partial charge >= 0.3 is 0 Å². The first kappa shape index (κ1) is 16.0. The molecule has 1 aromatic carbocycles. The fourth-order valence-electron chi connectivity index (χ4n) is 1.99. The summed E-state index contributed by atoms with van der Waals surface area (Å²) in [6, 6.07) is 5.93. The highest BCUT2D eigenvalue weighted by molar-refractivity contribution is 9.10. The Morgan fingerprint density at radius 2 is 2.19 bits per heavy atom. The molecule has 0 atom stereocenters. The second kappa shape index (κ2) is 7.56. The number of ether oxygens (including phenoxy) is 1. The summed E-state index contributed by atoms with van der Waals surface area (Å²) in [5.41, 5.74) is 1.12. The molecule has 5 nitrogen and oxygen atoms in total. The van der Waals surface area contributed by atoms with Crippen molar-refractivity contribution in [1.29, 1.82) is 0 Å². The Balaban J connectivity index is 2.08. The molecule has 1 heterocycles. The van der Waals surface area contributed by atoms with Gasteiger partial charge in [-0.05, 0) is 36.2 Å². The van der Waals surface area contributed by atoms with E-state index in [-0.39, 0.29) is 0 Å². The van der Waals surface area contributed by atoms with Crippen LogP contribution < -0.4 is 10.1 Å². The maximum Gasteiger partial charge on any atom is 0.141 e. The van der Waals surface area contributed by atoms with E-state index in [1.165, 1.54) is 0 Å². The number of methoxy groups -OCH3 is 1. The van der Waals surface area contributed by atoms with Gasteiger partial charge in [0.15, 0.2) is 0 Å². The van der Waals surface area contributed by atoms with Crippen LogP contribution in [0.1, 0.15) is 25.2 Å². The van der Waals surface area contributed by atoms with E-state index in [2.05, 4.69) is 45.2 Å². The fraction of sp³-hybridized carbons (Fsp3) is 0.467. The molecule has 0 saturated carbocycles. The maximum absolute atomic E-state index is 5.27. The van der Waals surface area contributed by atoms with Crippen LogP contribution in [0.3, 0.4) is 0 Å². The van der Waals surface area contributed by atoms with E-state index in [9.17, 15) is 0 Å². The molecule has 6 heteroatoms. The van der Waals surface area contributed by atoms with Crippen molar-refractivity contribution in [3.63, 3.8) is 0 Å². The highest BCUT2D eigenvalue weighted by atomic mass is 79.9. The number of hydrogen-bond donors (Lipinski definition) is 1. The third-order valence-electron chi connectivity index (χ3n) is 3.10. The predicted octanol–water partition coefficient (Wildman–Crippen LogP) is 2.84. The van der Waals surface area contributed by atoms with Crippen molar-refractivity contribution in [2.45, 2.75) is 26.9 Å². The maximum atomic E-state index is 5.27. The molecule has 1 N–H and O–H groups in total. The standard InChI is InChI=1S/C15H21BrN4O/c1-11(2)7-17-8-15-18-10-19-20(15)9-12-6-13(21-3)4-5-14(12)16/h4-6,10-11,17H,7-9H2,1-3H3. The van der Waals surface area contributed by atoms with E-state index in [4.69, 9.17) is 4.74 Å². The first-order valence-electron chi connectivity index (χ1n) is 7.00. The van der Waals surface area contributed by atoms with Gasteiger partial charge in [0.05, 0.1) is 20.2 Å². The summed E-state index contributed by atoms with van der Waals surface area (Å²) in [4.78, 5) is 4.32. The van der Waals surface area contributed by atoms with Crippen LogP contribution in [0, 0.1) is 5.92 Å². The van der Waals surface area contributed by atoms with E-state index in [0.29, 0.717) is 12.5 Å². The second-order valence-corrected chi connectivity index (χ2v) is 6.17. The van der Waals surface area contributed by atoms with Crippen LogP contribution in [0.4, 0.5) is 0 Å². The third-order valence-corrected chi connectivity index (χ3v) is 3.88. The number of aromatic nitrogens is 3. The molecule has 0 aliphatic carbocycles. The number of nitrogens with zero attached hydrogens (tertiary/aromatic N) is 3. The van der Waals surface area contributed by atoms with Gasteiger partial charge in [0, 0.05) is 4.47 Å². The highest BCUT2D eigenvalue weighted by Gasteiger charge is 2.08. The molecular weight excluding hydrogens is 332 g/mol. The monoisotopic (exact) mass is 352 g/mol. The van der Waals surface area contributed by atoms with Crippen LogP contribution in [0.25, 0.3) is 0 Å². The van der Waals surface area contributed by atoms with Crippen molar-refractivity contribution in [3.05, 3.63) is 40.4 Å². The van der Waals surface area contributed by atoms with Crippen LogP contribution >= 0.6 is 15.9 Å². The molecule has 0 unspecified atom stereocenters. The predicted molar refractivity (Wildman–Crippen MR) is 86.4 cm³/mol. The van der Waals surface area contributed by atoms with Crippen LogP contribution in [0.15, 0.2) is 29.0 Å². The molecule has 2 rings (SSSR count). The van der Waals surface area contributed by atoms with E-state index in [1.54, 1.807) is 13.4 Å². The Kier molecular flexibility index (Phi) is 5.76. The molecule has 0 saturated heterocycles. The van der Waals surface area contributed by atoms with E-state index < -0.39 is 0 Å². The molecule has 0 aliphatic heterocycles. The van der Waals surface area contributed by atoms with Crippen molar-refractivity contribution in [1.82, 2.24) is 20.1 Å². The summed E-state index contributed by atoms with van der Waals surface area (Å²) >= 11 is 3.57. The van der Waals surface area contributed by atoms with Gasteiger partial charge in [-0.2, -0.15) is 5.10 Å². The zero-order chi connectivity index (χ0) is 15.2. The molecule has 114 valence electrons. The van der Waals surface area contributed by atoms with Gasteiger partial charge in [-0.3, -0.25) is 0 Å². The zero-order valence-corrected chi connectivity index (χ0v) is 14.2. The lowest BCUT2D eigenvalue weighted by molar-refractivity contribution is 0.413. The summed E-state index contributed by atoms with van der Waals surface area (Å²) in [6.07, 6.45) is 1.60. The number of hydrogen-bond acceptors (Lipinski definition) is 4. The third kappa shape index (κ3) is 4.54. The molecular formula is C15H21BrN4O. The first-order chi connectivity index (χ1) is 10.1. The summed E-state index contributed by atoms with van der Waals surface area (Å²) < 4.78 is 8.22. The minimum absolute atomic E-state index is 0.619. The Labute approximate surface area is 133 Å². The van der Waals surface area contributed by atoms with Gasteiger partial charge in [-0.15, -0.1) is 0 Å². The van der Waals surface area contributed by atoms with Gasteiger partial charge in [0.25, 0.3) is 0 Å². The molecule has 1 aromatic heterocycles. The van der Waals surface area contributed by atoms with Crippen LogP contribution in [-0.4, -0.2) is 28.4 Å². The van der Waals surface area contributed by atoms with Crippen molar-refractivity contribution >= 4 is 15.9 Å². The molecule has 0 amide bonds. The molecule has 0 radical (unpaired) electrons. The Hall–Kier alpha value is -1.40. The van der Waals surface area contributed by atoms with Crippen LogP contribution in [-0.2, 0) is 13.1 Å². The van der Waals surface area contributed by atoms with Crippen molar-refractivity contribution < 1.29 is 4.74 Å². The number of nitrogens with one attached hydrogen (secondary N) is 1. The van der Waals surface area contributed by atoms with Gasteiger partial charge in [0.2, 0.25) is 0 Å². The zero-order valence-electron chi connectivity index (χ0n) is 12.6. The lowest BCUT2D eigenvalue weighted by Gasteiger charge is -2.11. The van der Waals surface area contributed by atoms with Gasteiger partial charge in [-0.25, -0.2) is 9.67 Å². The average Bonchev–Trinajstić information content (AvgIpc) is 2.88. The quantitative estimate of drug-likeness (QED) is 0.832. The van der Waals surface area contributed by atoms with Crippen molar-refractivity contribution in [2.75, 3.05) is 13.7 Å². The summed E-state index contributed by atoms with van der Waals surface area (Å²) in [5, 5.41) is 7.70. The number of benzene rings is 1. The van der Waals surface area contributed by atoms with E-state index >= 15 is 0 Å². The molecule has 0 bridgehead atoms. The second-order valence-electron chi connectivity index (χ2n) is 5.32. The van der Waals surface area contributed by atoms with Crippen LogP contribution in [0.5, 0.6) is 5.75 Å². The number of rotatable bonds is 7. The van der Waals surface area contributed by atoms with Crippen molar-refractivity contribution in [3.8, 4) is 5.75 Å². The number of halogens is 1. The van der Waals surface area contributed by atoms with Gasteiger partial charge in [-0.1, -0.05) is 29.8 Å². The SMILES string of the molecule is COc1ccc(Br)c(Cn2ncnc2CNCC(C)C)c1. The summed E-state index contributed by atoms with van der Waals surface area (Å²) in [5.74, 6) is 2.40. The minimum atomic E-state index is 0.619. The minimum Gasteiger partial charge on any atom is -0.497 e. The Morgan fingerprint density at radius 1 is 1.38 bits per heavy atom. The lowest BCUT2D eigenvalue weighted by Crippen LogP contribution is -2.22. The summed E-state index contributed by atoms with van der Waals surface area (Å²) in [7, 11) is 1.67. The van der Waals surface area contributed by atoms with Crippen molar-refractivity contribution in [2.24, 2.45) is 5.92 Å². The van der Waals surface area contributed by atoms with Gasteiger partial charge < -0.3 is 10.1 Å². The molecule has 21 heavy (non-hydrogen) atoms. The van der Waals surface area contributed by atoms with E-state index in [0.717, 1.165) is 34.7 Å². The van der Waals surface area contributed by atoms with E-state index in [1.807, 2.05) is 22.9 Å². The molecule has 2 aromatic rings.